The fourth-order valence-corrected chi connectivity index (χ4v) is 4.32. The molecule has 7 heteroatoms. The molecule has 1 N–H and O–H groups in total. The van der Waals surface area contributed by atoms with Crippen LogP contribution in [0.4, 0.5) is 5.69 Å². The van der Waals surface area contributed by atoms with Gasteiger partial charge in [0, 0.05) is 44.0 Å². The predicted molar refractivity (Wildman–Crippen MR) is 112 cm³/mol. The molecule has 2 aromatic rings. The molecule has 0 aliphatic carbocycles. The highest BCUT2D eigenvalue weighted by Gasteiger charge is 2.23. The molecule has 0 unspecified atom stereocenters. The fourth-order valence-electron chi connectivity index (χ4n) is 3.49. The monoisotopic (exact) mass is 401 g/mol. The van der Waals surface area contributed by atoms with Gasteiger partial charge in [-0.1, -0.05) is 18.2 Å². The summed E-state index contributed by atoms with van der Waals surface area (Å²) in [4.78, 5) is 14.7. The maximum atomic E-state index is 12.5. The Bertz CT molecular complexity index is 927. The standard InChI is InChI=1S/C21H27N3O3S/c1-16-12-17(2)14-20(13-16)22-21(25)19-6-4-18(5-7-19)15-23-8-10-24(11-9-23)28(3,26)27/h4-7,12-14H,8-11,15H2,1-3H3,(H,22,25). The summed E-state index contributed by atoms with van der Waals surface area (Å²) in [5.41, 5.74) is 4.75. The Hall–Kier alpha value is -2.22. The van der Waals surface area contributed by atoms with Gasteiger partial charge >= 0.3 is 0 Å². The van der Waals surface area contributed by atoms with Crippen LogP contribution in [0.3, 0.4) is 0 Å². The third kappa shape index (κ3) is 5.41. The number of amides is 1. The summed E-state index contributed by atoms with van der Waals surface area (Å²) >= 11 is 0. The zero-order chi connectivity index (χ0) is 20.3. The molecular weight excluding hydrogens is 374 g/mol. The molecule has 150 valence electrons. The smallest absolute Gasteiger partial charge is 0.255 e. The first-order valence-electron chi connectivity index (χ1n) is 9.37. The largest absolute Gasteiger partial charge is 0.322 e. The van der Waals surface area contributed by atoms with Gasteiger partial charge in [-0.2, -0.15) is 4.31 Å². The molecule has 1 saturated heterocycles. The van der Waals surface area contributed by atoms with Crippen molar-refractivity contribution >= 4 is 21.6 Å². The number of carbonyl (C=O) groups excluding carboxylic acids is 1. The Balaban J connectivity index is 1.57. The Morgan fingerprint density at radius 2 is 1.54 bits per heavy atom. The lowest BCUT2D eigenvalue weighted by Gasteiger charge is -2.33. The van der Waals surface area contributed by atoms with Crippen LogP contribution < -0.4 is 5.32 Å². The highest BCUT2D eigenvalue weighted by atomic mass is 32.2. The van der Waals surface area contributed by atoms with Crippen molar-refractivity contribution in [2.75, 3.05) is 37.8 Å². The molecule has 0 saturated carbocycles. The number of rotatable bonds is 5. The summed E-state index contributed by atoms with van der Waals surface area (Å²) in [6.07, 6.45) is 1.25. The summed E-state index contributed by atoms with van der Waals surface area (Å²) in [6.45, 7) is 7.23. The average Bonchev–Trinajstić information content (AvgIpc) is 2.61. The van der Waals surface area contributed by atoms with E-state index in [2.05, 4.69) is 16.3 Å². The predicted octanol–water partition coefficient (Wildman–Crippen LogP) is 2.63. The molecular formula is C21H27N3O3S. The third-order valence-corrected chi connectivity index (χ3v) is 6.21. The van der Waals surface area contributed by atoms with Crippen molar-refractivity contribution in [2.45, 2.75) is 20.4 Å². The molecule has 3 rings (SSSR count). The second kappa shape index (κ2) is 8.43. The molecule has 6 nitrogen and oxygen atoms in total. The lowest BCUT2D eigenvalue weighted by molar-refractivity contribution is 0.102. The van der Waals surface area contributed by atoms with Crippen molar-refractivity contribution in [1.29, 1.82) is 0 Å². The van der Waals surface area contributed by atoms with E-state index in [0.29, 0.717) is 31.7 Å². The van der Waals surface area contributed by atoms with E-state index >= 15 is 0 Å². The first-order valence-corrected chi connectivity index (χ1v) is 11.2. The normalized spacial score (nSPS) is 16.1. The molecule has 2 aromatic carbocycles. The van der Waals surface area contributed by atoms with E-state index in [1.54, 1.807) is 0 Å². The van der Waals surface area contributed by atoms with Crippen molar-refractivity contribution in [1.82, 2.24) is 9.21 Å². The number of nitrogens with zero attached hydrogens (tertiary/aromatic N) is 2. The Labute approximate surface area is 167 Å². The number of anilines is 1. The van der Waals surface area contributed by atoms with Crippen LogP contribution in [0, 0.1) is 13.8 Å². The van der Waals surface area contributed by atoms with Crippen molar-refractivity contribution < 1.29 is 13.2 Å². The number of nitrogens with one attached hydrogen (secondary N) is 1. The van der Waals surface area contributed by atoms with Crippen LogP contribution in [0.15, 0.2) is 42.5 Å². The molecule has 1 amide bonds. The van der Waals surface area contributed by atoms with Gasteiger partial charge in [0.25, 0.3) is 5.91 Å². The van der Waals surface area contributed by atoms with Crippen molar-refractivity contribution in [2.24, 2.45) is 0 Å². The summed E-state index contributed by atoms with van der Waals surface area (Å²) in [5.74, 6) is -0.127. The van der Waals surface area contributed by atoms with Crippen LogP contribution >= 0.6 is 0 Å². The van der Waals surface area contributed by atoms with Crippen LogP contribution in [0.5, 0.6) is 0 Å². The number of sulfonamides is 1. The van der Waals surface area contributed by atoms with Gasteiger partial charge in [0.05, 0.1) is 6.26 Å². The van der Waals surface area contributed by atoms with Gasteiger partial charge in [0.1, 0.15) is 0 Å². The molecule has 1 aliphatic rings. The molecule has 0 atom stereocenters. The topological polar surface area (TPSA) is 69.7 Å². The second-order valence-electron chi connectivity index (χ2n) is 7.47. The molecule has 0 radical (unpaired) electrons. The molecule has 0 aromatic heterocycles. The molecule has 0 bridgehead atoms. The van der Waals surface area contributed by atoms with Crippen molar-refractivity contribution in [3.05, 3.63) is 64.7 Å². The first kappa shape index (κ1) is 20.5. The number of hydrogen-bond donors (Lipinski definition) is 1. The lowest BCUT2D eigenvalue weighted by atomic mass is 10.1. The third-order valence-electron chi connectivity index (χ3n) is 4.90. The van der Waals surface area contributed by atoms with Crippen molar-refractivity contribution in [3.63, 3.8) is 0 Å². The van der Waals surface area contributed by atoms with Crippen LogP contribution in [0.1, 0.15) is 27.0 Å². The Morgan fingerprint density at radius 3 is 2.07 bits per heavy atom. The van der Waals surface area contributed by atoms with E-state index in [9.17, 15) is 13.2 Å². The Morgan fingerprint density at radius 1 is 0.964 bits per heavy atom. The van der Waals surface area contributed by atoms with E-state index in [1.807, 2.05) is 50.2 Å². The maximum Gasteiger partial charge on any atom is 0.255 e. The lowest BCUT2D eigenvalue weighted by Crippen LogP contribution is -2.47. The number of aryl methyl sites for hydroxylation is 2. The number of benzene rings is 2. The summed E-state index contributed by atoms with van der Waals surface area (Å²) in [7, 11) is -3.11. The zero-order valence-electron chi connectivity index (χ0n) is 16.6. The molecule has 0 spiro atoms. The van der Waals surface area contributed by atoms with E-state index in [4.69, 9.17) is 0 Å². The van der Waals surface area contributed by atoms with Crippen molar-refractivity contribution in [3.8, 4) is 0 Å². The summed E-state index contributed by atoms with van der Waals surface area (Å²) in [5, 5.41) is 2.95. The van der Waals surface area contributed by atoms with Gasteiger partial charge in [-0.3, -0.25) is 9.69 Å². The molecule has 1 heterocycles. The highest BCUT2D eigenvalue weighted by molar-refractivity contribution is 7.88. The Kier molecular flexibility index (Phi) is 6.17. The van der Waals surface area contributed by atoms with Crippen LogP contribution in [-0.4, -0.2) is 56.0 Å². The minimum absolute atomic E-state index is 0.127. The average molecular weight is 402 g/mol. The van der Waals surface area contributed by atoms with Gasteiger partial charge < -0.3 is 5.32 Å². The fraction of sp³-hybridized carbons (Fsp3) is 0.381. The highest BCUT2D eigenvalue weighted by Crippen LogP contribution is 2.16. The first-order chi connectivity index (χ1) is 13.2. The van der Waals surface area contributed by atoms with Gasteiger partial charge in [0.2, 0.25) is 10.0 Å². The number of carbonyl (C=O) groups is 1. The van der Waals surface area contributed by atoms with Gasteiger partial charge in [-0.25, -0.2) is 8.42 Å². The van der Waals surface area contributed by atoms with Crippen LogP contribution in [-0.2, 0) is 16.6 Å². The molecule has 28 heavy (non-hydrogen) atoms. The summed E-state index contributed by atoms with van der Waals surface area (Å²) < 4.78 is 24.7. The molecule has 1 aliphatic heterocycles. The van der Waals surface area contributed by atoms with Gasteiger partial charge in [0.15, 0.2) is 0 Å². The summed E-state index contributed by atoms with van der Waals surface area (Å²) in [6, 6.07) is 13.6. The van der Waals surface area contributed by atoms with Gasteiger partial charge in [-0.05, 0) is 54.8 Å². The van der Waals surface area contributed by atoms with Crippen LogP contribution in [0.2, 0.25) is 0 Å². The minimum atomic E-state index is -3.11. The SMILES string of the molecule is Cc1cc(C)cc(NC(=O)c2ccc(CN3CCN(S(C)(=O)=O)CC3)cc2)c1. The number of hydrogen-bond acceptors (Lipinski definition) is 4. The minimum Gasteiger partial charge on any atom is -0.322 e. The number of piperazine rings is 1. The van der Waals surface area contributed by atoms with Crippen LogP contribution in [0.25, 0.3) is 0 Å². The van der Waals surface area contributed by atoms with Gasteiger partial charge in [-0.15, -0.1) is 0 Å². The van der Waals surface area contributed by atoms with E-state index in [1.165, 1.54) is 10.6 Å². The maximum absolute atomic E-state index is 12.5. The zero-order valence-corrected chi connectivity index (χ0v) is 17.4. The van der Waals surface area contributed by atoms with E-state index < -0.39 is 10.0 Å². The molecule has 1 fully saturated rings. The van der Waals surface area contributed by atoms with E-state index in [-0.39, 0.29) is 5.91 Å². The van der Waals surface area contributed by atoms with E-state index in [0.717, 1.165) is 28.9 Å². The quantitative estimate of drug-likeness (QED) is 0.836. The second-order valence-corrected chi connectivity index (χ2v) is 9.45.